The Morgan fingerprint density at radius 2 is 2.20 bits per heavy atom. The molecule has 0 aliphatic rings. The molecule has 0 saturated carbocycles. The SMILES string of the molecule is CCNc1nn(-c2ccccc2Br)c(N)c1C(=O)OC. The Balaban J connectivity index is 2.61. The van der Waals surface area contributed by atoms with Crippen molar-refractivity contribution in [1.29, 1.82) is 0 Å². The number of nitrogens with two attached hydrogens (primary N) is 1. The molecule has 3 N–H and O–H groups in total. The number of nitrogens with one attached hydrogen (secondary N) is 1. The predicted octanol–water partition coefficient (Wildman–Crippen LogP) is 2.44. The molecule has 20 heavy (non-hydrogen) atoms. The smallest absolute Gasteiger partial charge is 0.345 e. The summed E-state index contributed by atoms with van der Waals surface area (Å²) in [6.07, 6.45) is 0. The molecule has 7 heteroatoms. The van der Waals surface area contributed by atoms with Crippen LogP contribution in [0.3, 0.4) is 0 Å². The van der Waals surface area contributed by atoms with Gasteiger partial charge >= 0.3 is 5.97 Å². The normalized spacial score (nSPS) is 10.3. The first kappa shape index (κ1) is 14.4. The van der Waals surface area contributed by atoms with E-state index >= 15 is 0 Å². The number of hydrogen-bond donors (Lipinski definition) is 2. The minimum absolute atomic E-state index is 0.236. The molecule has 0 amide bonds. The number of aromatic nitrogens is 2. The molecule has 0 spiro atoms. The Labute approximate surface area is 125 Å². The Morgan fingerprint density at radius 1 is 1.50 bits per heavy atom. The number of hydrogen-bond acceptors (Lipinski definition) is 5. The number of halogens is 1. The summed E-state index contributed by atoms with van der Waals surface area (Å²) >= 11 is 3.44. The average molecular weight is 339 g/mol. The van der Waals surface area contributed by atoms with E-state index in [1.807, 2.05) is 31.2 Å². The zero-order valence-corrected chi connectivity index (χ0v) is 12.8. The van der Waals surface area contributed by atoms with Gasteiger partial charge in [-0.3, -0.25) is 0 Å². The predicted molar refractivity (Wildman–Crippen MR) is 81.2 cm³/mol. The van der Waals surface area contributed by atoms with E-state index in [9.17, 15) is 4.79 Å². The molecule has 6 nitrogen and oxygen atoms in total. The van der Waals surface area contributed by atoms with E-state index in [1.165, 1.54) is 11.8 Å². The molecule has 0 radical (unpaired) electrons. The Morgan fingerprint density at radius 3 is 2.80 bits per heavy atom. The van der Waals surface area contributed by atoms with Crippen LogP contribution in [0.25, 0.3) is 5.69 Å². The molecule has 1 aromatic heterocycles. The van der Waals surface area contributed by atoms with E-state index in [0.29, 0.717) is 12.4 Å². The van der Waals surface area contributed by atoms with Crippen LogP contribution in [0.1, 0.15) is 17.3 Å². The summed E-state index contributed by atoms with van der Waals surface area (Å²) in [6.45, 7) is 2.53. The molecular formula is C13H15BrN4O2. The fourth-order valence-corrected chi connectivity index (χ4v) is 2.29. The largest absolute Gasteiger partial charge is 0.465 e. The van der Waals surface area contributed by atoms with Crippen LogP contribution in [-0.2, 0) is 4.74 Å². The lowest BCUT2D eigenvalue weighted by atomic mass is 10.3. The number of ether oxygens (including phenoxy) is 1. The van der Waals surface area contributed by atoms with Gasteiger partial charge in [0.15, 0.2) is 5.82 Å². The van der Waals surface area contributed by atoms with Gasteiger partial charge in [-0.05, 0) is 35.0 Å². The highest BCUT2D eigenvalue weighted by atomic mass is 79.9. The third-order valence-corrected chi connectivity index (χ3v) is 3.41. The third-order valence-electron chi connectivity index (χ3n) is 2.74. The molecule has 2 rings (SSSR count). The molecule has 2 aromatic rings. The van der Waals surface area contributed by atoms with Crippen LogP contribution in [-0.4, -0.2) is 29.4 Å². The summed E-state index contributed by atoms with van der Waals surface area (Å²) < 4.78 is 7.10. The standard InChI is InChI=1S/C13H15BrN4O2/c1-3-16-12-10(13(19)20-2)11(15)18(17-12)9-7-5-4-6-8(9)14/h4-7H,3,15H2,1-2H3,(H,16,17). The van der Waals surface area contributed by atoms with Crippen LogP contribution in [0, 0.1) is 0 Å². The van der Waals surface area contributed by atoms with Gasteiger partial charge in [-0.25, -0.2) is 9.48 Å². The fraction of sp³-hybridized carbons (Fsp3) is 0.231. The van der Waals surface area contributed by atoms with Crippen molar-refractivity contribution in [1.82, 2.24) is 9.78 Å². The van der Waals surface area contributed by atoms with E-state index in [2.05, 4.69) is 26.3 Å². The first-order valence-electron chi connectivity index (χ1n) is 6.05. The van der Waals surface area contributed by atoms with E-state index in [1.54, 1.807) is 0 Å². The number of nitrogen functional groups attached to an aromatic ring is 1. The van der Waals surface area contributed by atoms with E-state index in [4.69, 9.17) is 10.5 Å². The zero-order chi connectivity index (χ0) is 14.7. The zero-order valence-electron chi connectivity index (χ0n) is 11.2. The van der Waals surface area contributed by atoms with Crippen molar-refractivity contribution < 1.29 is 9.53 Å². The fourth-order valence-electron chi connectivity index (χ4n) is 1.83. The molecule has 0 atom stereocenters. The van der Waals surface area contributed by atoms with Crippen molar-refractivity contribution in [3.8, 4) is 5.69 Å². The summed E-state index contributed by atoms with van der Waals surface area (Å²) in [6, 6.07) is 7.48. The van der Waals surface area contributed by atoms with Crippen LogP contribution < -0.4 is 11.1 Å². The lowest BCUT2D eigenvalue weighted by Gasteiger charge is -2.06. The van der Waals surface area contributed by atoms with E-state index in [-0.39, 0.29) is 11.4 Å². The maximum absolute atomic E-state index is 11.9. The number of benzene rings is 1. The number of anilines is 2. The molecule has 0 bridgehead atoms. The van der Waals surface area contributed by atoms with Gasteiger partial charge in [0.2, 0.25) is 0 Å². The lowest BCUT2D eigenvalue weighted by Crippen LogP contribution is -2.09. The molecule has 0 saturated heterocycles. The van der Waals surface area contributed by atoms with Crippen LogP contribution in [0.2, 0.25) is 0 Å². The minimum Gasteiger partial charge on any atom is -0.465 e. The monoisotopic (exact) mass is 338 g/mol. The summed E-state index contributed by atoms with van der Waals surface area (Å²) in [5.41, 5.74) is 7.04. The molecule has 0 unspecified atom stereocenters. The second kappa shape index (κ2) is 5.96. The molecule has 106 valence electrons. The Kier molecular flexibility index (Phi) is 4.29. The number of carbonyl (C=O) groups is 1. The van der Waals surface area contributed by atoms with Crippen LogP contribution >= 0.6 is 15.9 Å². The number of nitrogens with zero attached hydrogens (tertiary/aromatic N) is 2. The molecular weight excluding hydrogens is 324 g/mol. The highest BCUT2D eigenvalue weighted by Gasteiger charge is 2.23. The van der Waals surface area contributed by atoms with Crippen molar-refractivity contribution >= 4 is 33.5 Å². The maximum atomic E-state index is 11.9. The summed E-state index contributed by atoms with van der Waals surface area (Å²) in [5.74, 6) is 0.129. The molecule has 1 aromatic carbocycles. The van der Waals surface area contributed by atoms with Crippen molar-refractivity contribution in [2.45, 2.75) is 6.92 Å². The van der Waals surface area contributed by atoms with Gasteiger partial charge in [0, 0.05) is 11.0 Å². The second-order valence-corrected chi connectivity index (χ2v) is 4.85. The van der Waals surface area contributed by atoms with Crippen molar-refractivity contribution in [2.75, 3.05) is 24.7 Å². The van der Waals surface area contributed by atoms with Gasteiger partial charge in [0.05, 0.1) is 12.8 Å². The highest BCUT2D eigenvalue weighted by Crippen LogP contribution is 2.29. The summed E-state index contributed by atoms with van der Waals surface area (Å²) in [5, 5.41) is 7.36. The van der Waals surface area contributed by atoms with Gasteiger partial charge < -0.3 is 15.8 Å². The molecule has 1 heterocycles. The van der Waals surface area contributed by atoms with Crippen LogP contribution in [0.5, 0.6) is 0 Å². The van der Waals surface area contributed by atoms with Crippen molar-refractivity contribution in [2.24, 2.45) is 0 Å². The second-order valence-electron chi connectivity index (χ2n) is 3.99. The molecule has 0 aliphatic heterocycles. The van der Waals surface area contributed by atoms with E-state index in [0.717, 1.165) is 10.2 Å². The maximum Gasteiger partial charge on any atom is 0.345 e. The summed E-state index contributed by atoms with van der Waals surface area (Å²) in [7, 11) is 1.31. The van der Waals surface area contributed by atoms with Crippen LogP contribution in [0.4, 0.5) is 11.6 Å². The van der Waals surface area contributed by atoms with Crippen LogP contribution in [0.15, 0.2) is 28.7 Å². The van der Waals surface area contributed by atoms with Crippen molar-refractivity contribution in [3.63, 3.8) is 0 Å². The number of rotatable bonds is 4. The topological polar surface area (TPSA) is 82.2 Å². The van der Waals surface area contributed by atoms with Gasteiger partial charge in [-0.15, -0.1) is 5.10 Å². The highest BCUT2D eigenvalue weighted by molar-refractivity contribution is 9.10. The van der Waals surface area contributed by atoms with E-state index < -0.39 is 5.97 Å². The number of esters is 1. The number of methoxy groups -OCH3 is 1. The third kappa shape index (κ3) is 2.49. The average Bonchev–Trinajstić information content (AvgIpc) is 2.76. The lowest BCUT2D eigenvalue weighted by molar-refractivity contribution is 0.0603. The Hall–Kier alpha value is -2.02. The number of para-hydroxylation sites is 1. The van der Waals surface area contributed by atoms with Gasteiger partial charge in [-0.2, -0.15) is 0 Å². The quantitative estimate of drug-likeness (QED) is 0.836. The first-order valence-corrected chi connectivity index (χ1v) is 6.85. The molecule has 0 aliphatic carbocycles. The Bertz CT molecular complexity index is 639. The minimum atomic E-state index is -0.517. The number of carbonyl (C=O) groups excluding carboxylic acids is 1. The van der Waals surface area contributed by atoms with Gasteiger partial charge in [-0.1, -0.05) is 12.1 Å². The van der Waals surface area contributed by atoms with Crippen molar-refractivity contribution in [3.05, 3.63) is 34.3 Å². The molecule has 0 fully saturated rings. The first-order chi connectivity index (χ1) is 9.60. The van der Waals surface area contributed by atoms with Gasteiger partial charge in [0.1, 0.15) is 11.4 Å². The summed E-state index contributed by atoms with van der Waals surface area (Å²) in [4.78, 5) is 11.9. The van der Waals surface area contributed by atoms with Gasteiger partial charge in [0.25, 0.3) is 0 Å².